The molecule has 1 saturated heterocycles. The summed E-state index contributed by atoms with van der Waals surface area (Å²) in [6.07, 6.45) is -5.65. The Morgan fingerprint density at radius 3 is 2.52 bits per heavy atom. The number of amides is 1. The van der Waals surface area contributed by atoms with Crippen LogP contribution >= 0.6 is 0 Å². The minimum Gasteiger partial charge on any atom is -0.490 e. The van der Waals surface area contributed by atoms with Crippen LogP contribution in [0.3, 0.4) is 0 Å². The average Bonchev–Trinajstić information content (AvgIpc) is 2.58. The van der Waals surface area contributed by atoms with Crippen LogP contribution in [0.1, 0.15) is 19.3 Å². The maximum absolute atomic E-state index is 13.5. The summed E-state index contributed by atoms with van der Waals surface area (Å²) in [5.74, 6) is -3.40. The standard InChI is InChI=1S/C18H21F4NO4/c19-11-2-1-3-12(8-11)27-14-9-17(4-6-23(7-5-17)16(25)26)15(14)13(10-24)18(20,21)22/h1-3,8,13-15,24H,4-7,9-10H2,(H,25,26)/t13?,14-,15?/m1/s1. The molecule has 9 heteroatoms. The Morgan fingerprint density at radius 1 is 1.33 bits per heavy atom. The normalized spacial score (nSPS) is 25.7. The third-order valence-electron chi connectivity index (χ3n) is 5.88. The highest BCUT2D eigenvalue weighted by molar-refractivity contribution is 5.65. The molecule has 2 N–H and O–H groups in total. The highest BCUT2D eigenvalue weighted by atomic mass is 19.4. The number of alkyl halides is 3. The Bertz CT molecular complexity index is 688. The molecule has 0 bridgehead atoms. The summed E-state index contributed by atoms with van der Waals surface area (Å²) in [5.41, 5.74) is -0.743. The fraction of sp³-hybridized carbons (Fsp3) is 0.611. The largest absolute Gasteiger partial charge is 0.490 e. The highest BCUT2D eigenvalue weighted by Gasteiger charge is 2.63. The van der Waals surface area contributed by atoms with Crippen molar-refractivity contribution in [2.45, 2.75) is 31.5 Å². The monoisotopic (exact) mass is 391 g/mol. The van der Waals surface area contributed by atoms with Crippen molar-refractivity contribution in [2.75, 3.05) is 19.7 Å². The summed E-state index contributed by atoms with van der Waals surface area (Å²) >= 11 is 0. The molecule has 1 amide bonds. The average molecular weight is 391 g/mol. The van der Waals surface area contributed by atoms with E-state index < -0.39 is 48.0 Å². The molecular formula is C18H21F4NO4. The Hall–Kier alpha value is -2.03. The molecule has 1 aromatic rings. The Morgan fingerprint density at radius 2 is 2.00 bits per heavy atom. The van der Waals surface area contributed by atoms with Gasteiger partial charge in [-0.1, -0.05) is 6.07 Å². The van der Waals surface area contributed by atoms with Crippen LogP contribution in [0.2, 0.25) is 0 Å². The number of rotatable bonds is 4. The summed E-state index contributed by atoms with van der Waals surface area (Å²) in [4.78, 5) is 12.3. The van der Waals surface area contributed by atoms with E-state index in [1.807, 2.05) is 0 Å². The van der Waals surface area contributed by atoms with Crippen LogP contribution in [0, 0.1) is 23.1 Å². The second-order valence-corrected chi connectivity index (χ2v) is 7.31. The number of halogens is 4. The van der Waals surface area contributed by atoms with Gasteiger partial charge in [-0.05, 0) is 36.8 Å². The highest BCUT2D eigenvalue weighted by Crippen LogP contribution is 2.60. The summed E-state index contributed by atoms with van der Waals surface area (Å²) in [6.45, 7) is -0.773. The van der Waals surface area contributed by atoms with Crippen molar-refractivity contribution < 1.29 is 37.3 Å². The molecule has 1 saturated carbocycles. The first-order valence-electron chi connectivity index (χ1n) is 8.74. The summed E-state index contributed by atoms with van der Waals surface area (Å²) in [7, 11) is 0. The number of aliphatic hydroxyl groups is 1. The van der Waals surface area contributed by atoms with Crippen molar-refractivity contribution in [3.63, 3.8) is 0 Å². The molecule has 1 aliphatic carbocycles. The maximum Gasteiger partial charge on any atom is 0.407 e. The lowest BCUT2D eigenvalue weighted by atomic mass is 9.50. The lowest BCUT2D eigenvalue weighted by Crippen LogP contribution is -2.63. The quantitative estimate of drug-likeness (QED) is 0.771. The Balaban J connectivity index is 1.82. The minimum absolute atomic E-state index is 0.140. The van der Waals surface area contributed by atoms with Crippen LogP contribution in [0.15, 0.2) is 24.3 Å². The first-order chi connectivity index (χ1) is 12.7. The number of hydrogen-bond donors (Lipinski definition) is 2. The molecule has 2 unspecified atom stereocenters. The molecular weight excluding hydrogens is 370 g/mol. The number of aliphatic hydroxyl groups excluding tert-OH is 1. The number of carbonyl (C=O) groups is 1. The molecule has 27 heavy (non-hydrogen) atoms. The van der Waals surface area contributed by atoms with Crippen LogP contribution in [-0.2, 0) is 0 Å². The minimum atomic E-state index is -4.61. The Labute approximate surface area is 153 Å². The fourth-order valence-corrected chi connectivity index (χ4v) is 4.51. The van der Waals surface area contributed by atoms with Gasteiger partial charge < -0.3 is 19.8 Å². The van der Waals surface area contributed by atoms with E-state index in [4.69, 9.17) is 9.84 Å². The zero-order valence-corrected chi connectivity index (χ0v) is 14.5. The molecule has 150 valence electrons. The van der Waals surface area contributed by atoms with Crippen molar-refractivity contribution in [3.8, 4) is 5.75 Å². The van der Waals surface area contributed by atoms with Gasteiger partial charge in [-0.15, -0.1) is 0 Å². The molecule has 3 atom stereocenters. The van der Waals surface area contributed by atoms with Crippen molar-refractivity contribution >= 4 is 6.09 Å². The number of carboxylic acid groups (broad SMARTS) is 1. The van der Waals surface area contributed by atoms with Crippen LogP contribution in [0.25, 0.3) is 0 Å². The topological polar surface area (TPSA) is 70.0 Å². The predicted molar refractivity (Wildman–Crippen MR) is 86.8 cm³/mol. The molecule has 1 aromatic carbocycles. The second-order valence-electron chi connectivity index (χ2n) is 7.31. The predicted octanol–water partition coefficient (Wildman–Crippen LogP) is 3.52. The molecule has 1 spiro atoms. The first kappa shape index (κ1) is 19.7. The number of hydrogen-bond acceptors (Lipinski definition) is 3. The second kappa shape index (κ2) is 7.18. The van der Waals surface area contributed by atoms with E-state index in [9.17, 15) is 27.5 Å². The maximum atomic E-state index is 13.5. The molecule has 5 nitrogen and oxygen atoms in total. The summed E-state index contributed by atoms with van der Waals surface area (Å²) in [5, 5.41) is 18.5. The number of likely N-dealkylation sites (tertiary alicyclic amines) is 1. The summed E-state index contributed by atoms with van der Waals surface area (Å²) in [6, 6.07) is 5.20. The lowest BCUT2D eigenvalue weighted by molar-refractivity contribution is -0.256. The van der Waals surface area contributed by atoms with Crippen LogP contribution < -0.4 is 4.74 Å². The van der Waals surface area contributed by atoms with Crippen LogP contribution in [0.4, 0.5) is 22.4 Å². The lowest BCUT2D eigenvalue weighted by Gasteiger charge is -2.59. The van der Waals surface area contributed by atoms with E-state index in [0.29, 0.717) is 6.42 Å². The van der Waals surface area contributed by atoms with Gasteiger partial charge >= 0.3 is 12.3 Å². The first-order valence-corrected chi connectivity index (χ1v) is 8.74. The van der Waals surface area contributed by atoms with Gasteiger partial charge in [0.05, 0.1) is 12.5 Å². The van der Waals surface area contributed by atoms with Gasteiger partial charge in [-0.25, -0.2) is 9.18 Å². The third-order valence-corrected chi connectivity index (χ3v) is 5.88. The van der Waals surface area contributed by atoms with Gasteiger partial charge in [0.15, 0.2) is 0 Å². The van der Waals surface area contributed by atoms with Gasteiger partial charge in [-0.3, -0.25) is 0 Å². The van der Waals surface area contributed by atoms with Crippen molar-refractivity contribution in [3.05, 3.63) is 30.1 Å². The van der Waals surface area contributed by atoms with Crippen LogP contribution in [-0.4, -0.2) is 53.2 Å². The molecule has 0 aromatic heterocycles. The van der Waals surface area contributed by atoms with Gasteiger partial charge in [0.25, 0.3) is 0 Å². The van der Waals surface area contributed by atoms with Crippen molar-refractivity contribution in [2.24, 2.45) is 17.3 Å². The number of ether oxygens (including phenoxy) is 1. The Kier molecular flexibility index (Phi) is 5.24. The molecule has 2 fully saturated rings. The number of nitrogens with zero attached hydrogens (tertiary/aromatic N) is 1. The summed E-state index contributed by atoms with van der Waals surface area (Å²) < 4.78 is 59.6. The van der Waals surface area contributed by atoms with E-state index in [0.717, 1.165) is 6.07 Å². The van der Waals surface area contributed by atoms with E-state index in [1.54, 1.807) is 0 Å². The zero-order valence-electron chi connectivity index (χ0n) is 14.5. The SMILES string of the molecule is O=C(O)N1CCC2(CC1)C[C@@H](Oc1cccc(F)c1)C2C(CO)C(F)(F)F. The van der Waals surface area contributed by atoms with E-state index in [2.05, 4.69) is 0 Å². The molecule has 1 aliphatic heterocycles. The third kappa shape index (κ3) is 3.83. The zero-order chi connectivity index (χ0) is 19.8. The fourth-order valence-electron chi connectivity index (χ4n) is 4.51. The molecule has 1 heterocycles. The molecule has 3 rings (SSSR count). The molecule has 0 radical (unpaired) electrons. The van der Waals surface area contributed by atoms with E-state index in [1.165, 1.54) is 23.1 Å². The van der Waals surface area contributed by atoms with E-state index >= 15 is 0 Å². The van der Waals surface area contributed by atoms with Gasteiger partial charge in [0, 0.05) is 25.1 Å². The van der Waals surface area contributed by atoms with Gasteiger partial charge in [0.2, 0.25) is 0 Å². The smallest absolute Gasteiger partial charge is 0.407 e. The van der Waals surface area contributed by atoms with Gasteiger partial charge in [-0.2, -0.15) is 13.2 Å². The van der Waals surface area contributed by atoms with Crippen molar-refractivity contribution in [1.29, 1.82) is 0 Å². The number of piperidine rings is 1. The molecule has 2 aliphatic rings. The van der Waals surface area contributed by atoms with Crippen molar-refractivity contribution in [1.82, 2.24) is 4.90 Å². The number of benzene rings is 1. The van der Waals surface area contributed by atoms with Gasteiger partial charge in [0.1, 0.15) is 17.7 Å². The van der Waals surface area contributed by atoms with Crippen LogP contribution in [0.5, 0.6) is 5.75 Å². The van der Waals surface area contributed by atoms with E-state index in [-0.39, 0.29) is 31.7 Å².